The van der Waals surface area contributed by atoms with E-state index in [0.29, 0.717) is 5.41 Å². The normalized spacial score (nSPS) is 31.9. The largest absolute Gasteiger partial charge is 0.373 e. The first-order valence-corrected chi connectivity index (χ1v) is 11.3. The van der Waals surface area contributed by atoms with Crippen molar-refractivity contribution in [2.24, 2.45) is 17.3 Å². The van der Waals surface area contributed by atoms with Gasteiger partial charge < -0.3 is 4.74 Å². The molecule has 0 aromatic carbocycles. The molecule has 0 heterocycles. The smallest absolute Gasteiger partial charge is 0.0729 e. The molecule has 106 valence electrons. The highest BCUT2D eigenvalue weighted by atomic mass is 28.3. The van der Waals surface area contributed by atoms with E-state index in [9.17, 15) is 0 Å². The molecule has 2 bridgehead atoms. The van der Waals surface area contributed by atoms with Crippen LogP contribution in [0, 0.1) is 17.3 Å². The molecule has 4 aliphatic carbocycles. The van der Waals surface area contributed by atoms with Gasteiger partial charge in [0.25, 0.3) is 0 Å². The Morgan fingerprint density at radius 2 is 2.00 bits per heavy atom. The lowest BCUT2D eigenvalue weighted by molar-refractivity contribution is -0.0163. The zero-order valence-corrected chi connectivity index (χ0v) is 14.2. The first-order valence-electron chi connectivity index (χ1n) is 7.78. The highest BCUT2D eigenvalue weighted by molar-refractivity contribution is 6.84. The van der Waals surface area contributed by atoms with Gasteiger partial charge >= 0.3 is 0 Å². The first kappa shape index (κ1) is 13.6. The molecule has 2 heteroatoms. The highest BCUT2D eigenvalue weighted by Crippen LogP contribution is 2.59. The summed E-state index contributed by atoms with van der Waals surface area (Å²) in [5.74, 6) is 1.74. The van der Waals surface area contributed by atoms with Crippen molar-refractivity contribution in [1.82, 2.24) is 0 Å². The highest BCUT2D eigenvalue weighted by Gasteiger charge is 2.51. The summed E-state index contributed by atoms with van der Waals surface area (Å²) in [5, 5.41) is 1.76. The van der Waals surface area contributed by atoms with Crippen molar-refractivity contribution in [3.8, 4) is 0 Å². The third-order valence-electron chi connectivity index (χ3n) is 5.72. The zero-order chi connectivity index (χ0) is 13.8. The van der Waals surface area contributed by atoms with E-state index in [-0.39, 0.29) is 0 Å². The monoisotopic (exact) mass is 276 g/mol. The summed E-state index contributed by atoms with van der Waals surface area (Å²) in [6, 6.07) is 0. The lowest BCUT2D eigenvalue weighted by Gasteiger charge is -2.56. The fourth-order valence-corrected chi connectivity index (χ4v) is 5.91. The van der Waals surface area contributed by atoms with E-state index in [0.717, 1.165) is 25.0 Å². The Kier molecular flexibility index (Phi) is 3.10. The Bertz CT molecular complexity index is 450. The molecule has 19 heavy (non-hydrogen) atoms. The van der Waals surface area contributed by atoms with Crippen molar-refractivity contribution in [3.05, 3.63) is 22.4 Å². The van der Waals surface area contributed by atoms with E-state index in [1.807, 2.05) is 0 Å². The van der Waals surface area contributed by atoms with Crippen molar-refractivity contribution >= 4 is 8.07 Å². The number of ether oxygens (including phenoxy) is 1. The lowest BCUT2D eigenvalue weighted by Crippen LogP contribution is -2.48. The number of hydrogen-bond acceptors (Lipinski definition) is 1. The molecule has 0 radical (unpaired) electrons. The van der Waals surface area contributed by atoms with E-state index in [1.54, 1.807) is 16.3 Å². The number of hydrogen-bond donors (Lipinski definition) is 0. The Hall–Kier alpha value is -0.343. The fraction of sp³-hybridized carbons (Fsp3) is 0.765. The van der Waals surface area contributed by atoms with Crippen LogP contribution in [0.1, 0.15) is 33.1 Å². The van der Waals surface area contributed by atoms with Crippen molar-refractivity contribution in [2.45, 2.75) is 52.8 Å². The molecule has 0 unspecified atom stereocenters. The minimum atomic E-state index is -1.02. The molecule has 0 aromatic heterocycles. The summed E-state index contributed by atoms with van der Waals surface area (Å²) >= 11 is 0. The van der Waals surface area contributed by atoms with Gasteiger partial charge in [0.05, 0.1) is 21.3 Å². The predicted molar refractivity (Wildman–Crippen MR) is 83.9 cm³/mol. The van der Waals surface area contributed by atoms with E-state index in [4.69, 9.17) is 4.74 Å². The van der Waals surface area contributed by atoms with Crippen LogP contribution in [0.25, 0.3) is 0 Å². The van der Waals surface area contributed by atoms with Crippen molar-refractivity contribution < 1.29 is 4.74 Å². The molecule has 0 aliphatic heterocycles. The van der Waals surface area contributed by atoms with Crippen LogP contribution in [0.3, 0.4) is 0 Å². The van der Waals surface area contributed by atoms with Crippen LogP contribution < -0.4 is 0 Å². The minimum absolute atomic E-state index is 0.537. The van der Waals surface area contributed by atoms with Crippen molar-refractivity contribution in [1.29, 1.82) is 0 Å². The Labute approximate surface area is 119 Å². The minimum Gasteiger partial charge on any atom is -0.373 e. The average Bonchev–Trinajstić information content (AvgIpc) is 3.08. The average molecular weight is 276 g/mol. The zero-order valence-electron chi connectivity index (χ0n) is 13.2. The summed E-state index contributed by atoms with van der Waals surface area (Å²) < 4.78 is 6.01. The van der Waals surface area contributed by atoms with Gasteiger partial charge in [0.15, 0.2) is 0 Å². The molecular formula is C17H28OSi. The van der Waals surface area contributed by atoms with Crippen LogP contribution in [0.4, 0.5) is 0 Å². The molecule has 1 nitrogen and oxygen atoms in total. The van der Waals surface area contributed by atoms with Crippen LogP contribution >= 0.6 is 0 Å². The van der Waals surface area contributed by atoms with E-state index in [1.165, 1.54) is 19.3 Å². The van der Waals surface area contributed by atoms with Crippen LogP contribution in [0.15, 0.2) is 22.4 Å². The first-order chi connectivity index (χ1) is 8.80. The molecule has 0 amide bonds. The molecular weight excluding hydrogens is 248 g/mol. The Balaban J connectivity index is 1.50. The van der Waals surface area contributed by atoms with Crippen molar-refractivity contribution in [2.75, 3.05) is 13.2 Å². The van der Waals surface area contributed by atoms with Crippen LogP contribution in [0.5, 0.6) is 0 Å². The Morgan fingerprint density at radius 3 is 2.53 bits per heavy atom. The standard InChI is InChI=1S/C17H28OSi/c1-17(2)14-7-6-12(15(17)9-14)10-18-11-13-8-16(13)19(3,4)5/h6,14-15H,7-11H2,1-5H3/t14-,15-/m1/s1. The second-order valence-electron chi connectivity index (χ2n) is 8.32. The van der Waals surface area contributed by atoms with E-state index >= 15 is 0 Å². The van der Waals surface area contributed by atoms with Crippen LogP contribution in [-0.4, -0.2) is 21.3 Å². The van der Waals surface area contributed by atoms with E-state index in [2.05, 4.69) is 39.6 Å². The number of rotatable bonds is 5. The summed E-state index contributed by atoms with van der Waals surface area (Å²) in [6.07, 6.45) is 6.42. The van der Waals surface area contributed by atoms with Gasteiger partial charge in [0, 0.05) is 0 Å². The van der Waals surface area contributed by atoms with Gasteiger partial charge in [-0.25, -0.2) is 0 Å². The van der Waals surface area contributed by atoms with Gasteiger partial charge in [-0.2, -0.15) is 0 Å². The second kappa shape index (κ2) is 4.32. The van der Waals surface area contributed by atoms with Gasteiger partial charge in [0.2, 0.25) is 0 Å². The number of allylic oxidation sites excluding steroid dienone is 2. The van der Waals surface area contributed by atoms with Crippen LogP contribution in [-0.2, 0) is 4.74 Å². The number of fused-ring (bicyclic) bond motifs is 1. The predicted octanol–water partition coefficient (Wildman–Crippen LogP) is 4.57. The maximum atomic E-state index is 6.01. The molecule has 0 N–H and O–H groups in total. The molecule has 4 rings (SSSR count). The molecule has 1 fully saturated rings. The topological polar surface area (TPSA) is 9.23 Å². The second-order valence-corrected chi connectivity index (χ2v) is 13.4. The Morgan fingerprint density at radius 1 is 1.26 bits per heavy atom. The van der Waals surface area contributed by atoms with Crippen LogP contribution in [0.2, 0.25) is 19.6 Å². The summed E-state index contributed by atoms with van der Waals surface area (Å²) in [6.45, 7) is 14.0. The quantitative estimate of drug-likeness (QED) is 0.528. The maximum Gasteiger partial charge on any atom is 0.0729 e. The lowest BCUT2D eigenvalue weighted by atomic mass is 9.49. The third-order valence-corrected chi connectivity index (χ3v) is 8.07. The molecule has 0 spiro atoms. The van der Waals surface area contributed by atoms with Crippen molar-refractivity contribution in [3.63, 3.8) is 0 Å². The fourth-order valence-electron chi connectivity index (χ4n) is 4.04. The summed E-state index contributed by atoms with van der Waals surface area (Å²) in [7, 11) is -1.02. The van der Waals surface area contributed by atoms with Gasteiger partial charge in [0.1, 0.15) is 0 Å². The van der Waals surface area contributed by atoms with Gasteiger partial charge in [-0.3, -0.25) is 0 Å². The van der Waals surface area contributed by atoms with Gasteiger partial charge in [-0.15, -0.1) is 0 Å². The third kappa shape index (κ3) is 2.38. The summed E-state index contributed by atoms with van der Waals surface area (Å²) in [4.78, 5) is 0. The molecule has 0 saturated heterocycles. The molecule has 2 atom stereocenters. The molecule has 1 saturated carbocycles. The van der Waals surface area contributed by atoms with E-state index < -0.39 is 8.07 Å². The maximum absolute atomic E-state index is 6.01. The van der Waals surface area contributed by atoms with Gasteiger partial charge in [-0.05, 0) is 47.7 Å². The summed E-state index contributed by atoms with van der Waals surface area (Å²) in [5.41, 5.74) is 3.74. The SMILES string of the molecule is CC1(C)[C@@H]2CC=C(COCC3=C([Si](C)(C)C)C3)[C@H]1C2. The van der Waals surface area contributed by atoms with Gasteiger partial charge in [-0.1, -0.05) is 44.8 Å². The molecule has 4 aliphatic rings. The molecule has 0 aromatic rings.